The minimum absolute atomic E-state index is 0.904. The molecule has 0 aliphatic rings. The number of para-hydroxylation sites is 1. The first-order valence-electron chi connectivity index (χ1n) is 14.8. The smallest absolute Gasteiger partial charge is 0.143 e. The lowest BCUT2D eigenvalue weighted by Gasteiger charge is -2.18. The van der Waals surface area contributed by atoms with E-state index in [0.717, 1.165) is 27.5 Å². The fourth-order valence-electron chi connectivity index (χ4n) is 7.04. The maximum absolute atomic E-state index is 6.82. The number of fused-ring (bicyclic) bond motifs is 6. The minimum Gasteiger partial charge on any atom is -0.455 e. The summed E-state index contributed by atoms with van der Waals surface area (Å²) in [5.41, 5.74) is 9.05. The van der Waals surface area contributed by atoms with Crippen molar-refractivity contribution in [3.63, 3.8) is 0 Å². The van der Waals surface area contributed by atoms with E-state index >= 15 is 0 Å². The largest absolute Gasteiger partial charge is 0.455 e. The van der Waals surface area contributed by atoms with Gasteiger partial charge in [-0.1, -0.05) is 146 Å². The lowest BCUT2D eigenvalue weighted by atomic mass is 9.84. The Morgan fingerprint density at radius 2 is 0.860 bits per heavy atom. The topological polar surface area (TPSA) is 13.1 Å². The normalized spacial score (nSPS) is 11.7. The second kappa shape index (κ2) is 9.44. The lowest BCUT2D eigenvalue weighted by Crippen LogP contribution is -1.92. The molecule has 0 atom stereocenters. The predicted molar refractivity (Wildman–Crippen MR) is 183 cm³/mol. The summed E-state index contributed by atoms with van der Waals surface area (Å²) in [5.74, 6) is 0. The van der Waals surface area contributed by atoms with E-state index in [4.69, 9.17) is 4.42 Å². The molecule has 0 aliphatic heterocycles. The molecule has 0 spiro atoms. The van der Waals surface area contributed by atoms with Crippen molar-refractivity contribution >= 4 is 54.3 Å². The van der Waals surface area contributed by atoms with Gasteiger partial charge >= 0.3 is 0 Å². The van der Waals surface area contributed by atoms with Crippen molar-refractivity contribution in [2.24, 2.45) is 0 Å². The maximum atomic E-state index is 6.82. The van der Waals surface area contributed by atoms with Crippen LogP contribution in [-0.2, 0) is 0 Å². The molecular formula is C42H26O. The molecule has 1 heterocycles. The van der Waals surface area contributed by atoms with Gasteiger partial charge in [-0.15, -0.1) is 0 Å². The summed E-state index contributed by atoms with van der Waals surface area (Å²) in [6.07, 6.45) is 0. The van der Waals surface area contributed by atoms with E-state index in [2.05, 4.69) is 158 Å². The first kappa shape index (κ1) is 24.0. The van der Waals surface area contributed by atoms with Gasteiger partial charge in [-0.2, -0.15) is 0 Å². The van der Waals surface area contributed by atoms with Crippen LogP contribution >= 0.6 is 0 Å². The predicted octanol–water partition coefficient (Wildman–Crippen LogP) is 12.0. The Kier molecular flexibility index (Phi) is 5.27. The van der Waals surface area contributed by atoms with E-state index in [1.807, 2.05) is 0 Å². The first-order valence-corrected chi connectivity index (χ1v) is 14.8. The molecule has 1 heteroatoms. The quantitative estimate of drug-likeness (QED) is 0.201. The molecule has 0 amide bonds. The highest BCUT2D eigenvalue weighted by atomic mass is 16.3. The van der Waals surface area contributed by atoms with Crippen molar-refractivity contribution in [3.05, 3.63) is 158 Å². The summed E-state index contributed by atoms with van der Waals surface area (Å²) in [7, 11) is 0. The summed E-state index contributed by atoms with van der Waals surface area (Å²) in [6.45, 7) is 0. The van der Waals surface area contributed by atoms with Crippen LogP contribution in [0.5, 0.6) is 0 Å². The number of furan rings is 1. The van der Waals surface area contributed by atoms with Crippen molar-refractivity contribution in [1.29, 1.82) is 0 Å². The van der Waals surface area contributed by atoms with Crippen LogP contribution in [0.25, 0.3) is 87.6 Å². The van der Waals surface area contributed by atoms with Crippen LogP contribution in [0.2, 0.25) is 0 Å². The van der Waals surface area contributed by atoms with Crippen LogP contribution in [0.15, 0.2) is 162 Å². The van der Waals surface area contributed by atoms with Crippen molar-refractivity contribution in [2.45, 2.75) is 0 Å². The van der Waals surface area contributed by atoms with Crippen molar-refractivity contribution in [2.75, 3.05) is 0 Å². The van der Waals surface area contributed by atoms with Crippen molar-refractivity contribution in [3.8, 4) is 33.4 Å². The highest BCUT2D eigenvalue weighted by molar-refractivity contribution is 6.26. The van der Waals surface area contributed by atoms with Gasteiger partial charge in [0.05, 0.1) is 0 Å². The molecule has 0 saturated carbocycles. The van der Waals surface area contributed by atoms with Crippen molar-refractivity contribution in [1.82, 2.24) is 0 Å². The Hall–Kier alpha value is -5.66. The van der Waals surface area contributed by atoms with E-state index < -0.39 is 0 Å². The molecule has 0 aliphatic carbocycles. The van der Waals surface area contributed by atoms with Crippen LogP contribution in [0.3, 0.4) is 0 Å². The van der Waals surface area contributed by atoms with E-state index in [1.54, 1.807) is 0 Å². The minimum atomic E-state index is 0.904. The molecular weight excluding hydrogens is 520 g/mol. The van der Waals surface area contributed by atoms with Gasteiger partial charge < -0.3 is 4.42 Å². The third kappa shape index (κ3) is 3.58. The molecule has 0 saturated heterocycles. The SMILES string of the molecule is c1ccc(-c2c3ccccc3c(-c3ccc(-c4cccc5ccccc45)c4c3oc3ccccc34)c3ccccc23)cc1. The van der Waals surface area contributed by atoms with E-state index in [-0.39, 0.29) is 0 Å². The second-order valence-corrected chi connectivity index (χ2v) is 11.2. The van der Waals surface area contributed by atoms with E-state index in [0.29, 0.717) is 0 Å². The molecule has 9 rings (SSSR count). The van der Waals surface area contributed by atoms with Gasteiger partial charge in [-0.05, 0) is 66.7 Å². The molecule has 0 bridgehead atoms. The average molecular weight is 547 g/mol. The first-order chi connectivity index (χ1) is 21.4. The van der Waals surface area contributed by atoms with Gasteiger partial charge in [0, 0.05) is 21.9 Å². The molecule has 0 N–H and O–H groups in total. The van der Waals surface area contributed by atoms with Crippen LogP contribution in [0.1, 0.15) is 0 Å². The molecule has 1 aromatic heterocycles. The fourth-order valence-corrected chi connectivity index (χ4v) is 7.04. The summed E-state index contributed by atoms with van der Waals surface area (Å²) in [4.78, 5) is 0. The number of rotatable bonds is 3. The summed E-state index contributed by atoms with van der Waals surface area (Å²) < 4.78 is 6.82. The third-order valence-corrected chi connectivity index (χ3v) is 8.87. The monoisotopic (exact) mass is 546 g/mol. The summed E-state index contributed by atoms with van der Waals surface area (Å²) in [6, 6.07) is 56.6. The molecule has 0 unspecified atom stereocenters. The zero-order chi connectivity index (χ0) is 28.3. The van der Waals surface area contributed by atoms with Crippen LogP contribution in [-0.4, -0.2) is 0 Å². The highest BCUT2D eigenvalue weighted by Gasteiger charge is 2.22. The molecule has 43 heavy (non-hydrogen) atoms. The third-order valence-electron chi connectivity index (χ3n) is 8.87. The van der Waals surface area contributed by atoms with Crippen LogP contribution in [0.4, 0.5) is 0 Å². The van der Waals surface area contributed by atoms with Gasteiger partial charge in [-0.3, -0.25) is 0 Å². The van der Waals surface area contributed by atoms with E-state index in [9.17, 15) is 0 Å². The van der Waals surface area contributed by atoms with Gasteiger partial charge in [0.2, 0.25) is 0 Å². The van der Waals surface area contributed by atoms with Gasteiger partial charge in [0.15, 0.2) is 0 Å². The Labute approximate surface area is 249 Å². The molecule has 0 radical (unpaired) electrons. The van der Waals surface area contributed by atoms with Crippen LogP contribution < -0.4 is 0 Å². The van der Waals surface area contributed by atoms with E-state index in [1.165, 1.54) is 60.1 Å². The van der Waals surface area contributed by atoms with Gasteiger partial charge in [0.1, 0.15) is 11.2 Å². The zero-order valence-corrected chi connectivity index (χ0v) is 23.4. The Morgan fingerprint density at radius 1 is 0.326 bits per heavy atom. The summed E-state index contributed by atoms with van der Waals surface area (Å²) in [5, 5.41) is 9.70. The Bertz CT molecular complexity index is 2440. The van der Waals surface area contributed by atoms with Gasteiger partial charge in [-0.25, -0.2) is 0 Å². The average Bonchev–Trinajstić information content (AvgIpc) is 3.47. The maximum Gasteiger partial charge on any atom is 0.143 e. The molecule has 8 aromatic carbocycles. The molecule has 9 aromatic rings. The Balaban J connectivity index is 1.44. The number of benzene rings is 8. The highest BCUT2D eigenvalue weighted by Crippen LogP contribution is 2.48. The van der Waals surface area contributed by atoms with Crippen LogP contribution in [0, 0.1) is 0 Å². The molecule has 1 nitrogen and oxygen atoms in total. The number of hydrogen-bond donors (Lipinski definition) is 0. The Morgan fingerprint density at radius 3 is 1.58 bits per heavy atom. The second-order valence-electron chi connectivity index (χ2n) is 11.2. The molecule has 0 fully saturated rings. The fraction of sp³-hybridized carbons (Fsp3) is 0. The lowest BCUT2D eigenvalue weighted by molar-refractivity contribution is 0.670. The number of hydrogen-bond acceptors (Lipinski definition) is 1. The summed E-state index contributed by atoms with van der Waals surface area (Å²) >= 11 is 0. The van der Waals surface area contributed by atoms with Crippen molar-refractivity contribution < 1.29 is 4.42 Å². The zero-order valence-electron chi connectivity index (χ0n) is 23.4. The standard InChI is InChI=1S/C42H26O/c1-2-14-28(15-3-1)39-31-18-6-8-20-33(31)40(34-21-9-7-19-32(34)39)37-26-25-35(30-23-12-16-27-13-4-5-17-29(27)30)41-36-22-10-11-24-38(36)43-42(37)41/h1-26H. The molecule has 200 valence electrons. The van der Waals surface area contributed by atoms with Gasteiger partial charge in [0.25, 0.3) is 0 Å².